The molecule has 0 aromatic heterocycles. The monoisotopic (exact) mass is 374 g/mol. The third-order valence-electron chi connectivity index (χ3n) is 4.21. The lowest BCUT2D eigenvalue weighted by atomic mass is 10.1. The molecule has 0 bridgehead atoms. The Hall–Kier alpha value is -1.81. The molecule has 1 aliphatic carbocycles. The third-order valence-corrected chi connectivity index (χ3v) is 4.95. The van der Waals surface area contributed by atoms with Crippen molar-refractivity contribution in [2.75, 3.05) is 7.11 Å². The minimum absolute atomic E-state index is 0.114. The SMILES string of the molecule is COC(=O)CCc1ccc(OC2CCc3c(Br)cccc32)cc1. The largest absolute Gasteiger partial charge is 0.486 e. The molecule has 3 rings (SSSR count). The van der Waals surface area contributed by atoms with Crippen molar-refractivity contribution in [3.8, 4) is 5.75 Å². The van der Waals surface area contributed by atoms with E-state index in [2.05, 4.69) is 38.9 Å². The van der Waals surface area contributed by atoms with Gasteiger partial charge in [-0.15, -0.1) is 0 Å². The molecular weight excluding hydrogens is 356 g/mol. The summed E-state index contributed by atoms with van der Waals surface area (Å²) in [6.07, 6.45) is 3.25. The van der Waals surface area contributed by atoms with Gasteiger partial charge in [0.25, 0.3) is 0 Å². The summed E-state index contributed by atoms with van der Waals surface area (Å²) in [6.45, 7) is 0. The Morgan fingerprint density at radius 2 is 2.00 bits per heavy atom. The molecule has 1 aliphatic rings. The summed E-state index contributed by atoms with van der Waals surface area (Å²) in [5, 5.41) is 0. The van der Waals surface area contributed by atoms with Crippen LogP contribution in [0.25, 0.3) is 0 Å². The third kappa shape index (κ3) is 3.75. The van der Waals surface area contributed by atoms with E-state index in [0.29, 0.717) is 12.8 Å². The Kier molecular flexibility index (Phi) is 5.01. The molecule has 0 saturated carbocycles. The topological polar surface area (TPSA) is 35.5 Å². The molecule has 1 atom stereocenters. The lowest BCUT2D eigenvalue weighted by Crippen LogP contribution is -2.04. The van der Waals surface area contributed by atoms with Gasteiger partial charge in [-0.3, -0.25) is 4.79 Å². The van der Waals surface area contributed by atoms with Crippen molar-refractivity contribution >= 4 is 21.9 Å². The number of carbonyl (C=O) groups is 1. The summed E-state index contributed by atoms with van der Waals surface area (Å²) >= 11 is 3.61. The molecule has 120 valence electrons. The quantitative estimate of drug-likeness (QED) is 0.716. The van der Waals surface area contributed by atoms with E-state index in [1.807, 2.05) is 24.3 Å². The summed E-state index contributed by atoms with van der Waals surface area (Å²) in [5.41, 5.74) is 3.73. The number of fused-ring (bicyclic) bond motifs is 1. The maximum Gasteiger partial charge on any atom is 0.305 e. The first-order chi connectivity index (χ1) is 11.2. The van der Waals surface area contributed by atoms with Gasteiger partial charge in [-0.25, -0.2) is 0 Å². The molecule has 0 spiro atoms. The van der Waals surface area contributed by atoms with Crippen LogP contribution < -0.4 is 4.74 Å². The van der Waals surface area contributed by atoms with Gasteiger partial charge >= 0.3 is 5.97 Å². The van der Waals surface area contributed by atoms with Crippen LogP contribution in [0.1, 0.15) is 35.6 Å². The number of ether oxygens (including phenoxy) is 2. The van der Waals surface area contributed by atoms with Gasteiger partial charge in [-0.05, 0) is 54.2 Å². The predicted molar refractivity (Wildman–Crippen MR) is 92.6 cm³/mol. The van der Waals surface area contributed by atoms with E-state index in [0.717, 1.165) is 24.2 Å². The van der Waals surface area contributed by atoms with Crippen molar-refractivity contribution in [1.29, 1.82) is 0 Å². The van der Waals surface area contributed by atoms with Gasteiger partial charge in [0.2, 0.25) is 0 Å². The summed E-state index contributed by atoms with van der Waals surface area (Å²) in [7, 11) is 1.41. The molecule has 3 nitrogen and oxygen atoms in total. The first kappa shape index (κ1) is 16.1. The Morgan fingerprint density at radius 1 is 1.22 bits per heavy atom. The van der Waals surface area contributed by atoms with Crippen LogP contribution in [0.15, 0.2) is 46.9 Å². The van der Waals surface area contributed by atoms with E-state index in [-0.39, 0.29) is 12.1 Å². The van der Waals surface area contributed by atoms with Crippen LogP contribution in [0.3, 0.4) is 0 Å². The molecule has 1 unspecified atom stereocenters. The molecule has 23 heavy (non-hydrogen) atoms. The fourth-order valence-corrected chi connectivity index (χ4v) is 3.52. The Bertz CT molecular complexity index is 694. The van der Waals surface area contributed by atoms with Crippen LogP contribution >= 0.6 is 15.9 Å². The molecule has 2 aromatic carbocycles. The number of hydrogen-bond donors (Lipinski definition) is 0. The second kappa shape index (κ2) is 7.18. The molecule has 0 radical (unpaired) electrons. The summed E-state index contributed by atoms with van der Waals surface area (Å²) in [6, 6.07) is 14.2. The second-order valence-electron chi connectivity index (χ2n) is 5.67. The lowest BCUT2D eigenvalue weighted by Gasteiger charge is -2.15. The van der Waals surface area contributed by atoms with E-state index in [4.69, 9.17) is 4.74 Å². The molecule has 0 N–H and O–H groups in total. The number of halogens is 1. The molecular formula is C19H19BrO3. The number of hydrogen-bond acceptors (Lipinski definition) is 3. The Balaban J connectivity index is 1.64. The van der Waals surface area contributed by atoms with E-state index < -0.39 is 0 Å². The lowest BCUT2D eigenvalue weighted by molar-refractivity contribution is -0.140. The van der Waals surface area contributed by atoms with Crippen LogP contribution in [-0.2, 0) is 22.4 Å². The van der Waals surface area contributed by atoms with Crippen LogP contribution in [0.4, 0.5) is 0 Å². The standard InChI is InChI=1S/C19H19BrO3/c1-22-19(21)12-7-13-5-8-14(9-6-13)23-18-11-10-15-16(18)3-2-4-17(15)20/h2-6,8-9,18H,7,10-12H2,1H3. The first-order valence-corrected chi connectivity index (χ1v) is 8.56. The average molecular weight is 375 g/mol. The van der Waals surface area contributed by atoms with Crippen molar-refractivity contribution in [2.45, 2.75) is 31.8 Å². The summed E-state index contributed by atoms with van der Waals surface area (Å²) in [4.78, 5) is 11.2. The van der Waals surface area contributed by atoms with Crippen LogP contribution in [0, 0.1) is 0 Å². The fourth-order valence-electron chi connectivity index (χ4n) is 2.94. The maximum atomic E-state index is 11.2. The van der Waals surface area contributed by atoms with E-state index in [9.17, 15) is 4.79 Å². The number of esters is 1. The molecule has 0 heterocycles. The Morgan fingerprint density at radius 3 is 2.74 bits per heavy atom. The van der Waals surface area contributed by atoms with Crippen LogP contribution in [0.5, 0.6) is 5.75 Å². The zero-order valence-electron chi connectivity index (χ0n) is 13.0. The highest BCUT2D eigenvalue weighted by Gasteiger charge is 2.25. The van der Waals surface area contributed by atoms with Gasteiger partial charge < -0.3 is 9.47 Å². The Labute approximate surface area is 144 Å². The molecule has 0 saturated heterocycles. The van der Waals surface area contributed by atoms with Gasteiger partial charge in [-0.2, -0.15) is 0 Å². The van der Waals surface area contributed by atoms with E-state index in [1.54, 1.807) is 0 Å². The second-order valence-corrected chi connectivity index (χ2v) is 6.53. The highest BCUT2D eigenvalue weighted by atomic mass is 79.9. The number of carbonyl (C=O) groups excluding carboxylic acids is 1. The van der Waals surface area contributed by atoms with E-state index >= 15 is 0 Å². The summed E-state index contributed by atoms with van der Waals surface area (Å²) < 4.78 is 12.0. The van der Waals surface area contributed by atoms with Gasteiger partial charge in [0.1, 0.15) is 11.9 Å². The summed E-state index contributed by atoms with van der Waals surface area (Å²) in [5.74, 6) is 0.683. The minimum Gasteiger partial charge on any atom is -0.486 e. The van der Waals surface area contributed by atoms with Crippen molar-refractivity contribution in [3.63, 3.8) is 0 Å². The fraction of sp³-hybridized carbons (Fsp3) is 0.316. The minimum atomic E-state index is -0.182. The molecule has 0 aliphatic heterocycles. The zero-order chi connectivity index (χ0) is 16.2. The molecule has 4 heteroatoms. The number of aryl methyl sites for hydroxylation is 1. The normalized spacial score (nSPS) is 16.0. The number of rotatable bonds is 5. The molecule has 0 amide bonds. The van der Waals surface area contributed by atoms with Crippen LogP contribution in [-0.4, -0.2) is 13.1 Å². The maximum absolute atomic E-state index is 11.2. The van der Waals surface area contributed by atoms with Crippen molar-refractivity contribution in [2.24, 2.45) is 0 Å². The van der Waals surface area contributed by atoms with Gasteiger partial charge in [0, 0.05) is 10.9 Å². The molecule has 0 fully saturated rings. The van der Waals surface area contributed by atoms with Gasteiger partial charge in [0.05, 0.1) is 7.11 Å². The number of benzene rings is 2. The highest BCUT2D eigenvalue weighted by molar-refractivity contribution is 9.10. The van der Waals surface area contributed by atoms with Gasteiger partial charge in [0.15, 0.2) is 0 Å². The van der Waals surface area contributed by atoms with Crippen molar-refractivity contribution in [1.82, 2.24) is 0 Å². The van der Waals surface area contributed by atoms with Crippen molar-refractivity contribution < 1.29 is 14.3 Å². The zero-order valence-corrected chi connectivity index (χ0v) is 14.6. The number of methoxy groups -OCH3 is 1. The van der Waals surface area contributed by atoms with Crippen molar-refractivity contribution in [3.05, 3.63) is 63.6 Å². The molecule has 2 aromatic rings. The highest BCUT2D eigenvalue weighted by Crippen LogP contribution is 2.38. The first-order valence-electron chi connectivity index (χ1n) is 7.77. The smallest absolute Gasteiger partial charge is 0.305 e. The average Bonchev–Trinajstić information content (AvgIpc) is 2.98. The van der Waals surface area contributed by atoms with E-state index in [1.165, 1.54) is 22.7 Å². The van der Waals surface area contributed by atoms with Crippen LogP contribution in [0.2, 0.25) is 0 Å². The predicted octanol–water partition coefficient (Wildman–Crippen LogP) is 4.62. The van der Waals surface area contributed by atoms with Gasteiger partial charge in [-0.1, -0.05) is 40.2 Å².